The molecule has 0 aliphatic heterocycles. The van der Waals surface area contributed by atoms with Crippen LogP contribution < -0.4 is 5.32 Å². The summed E-state index contributed by atoms with van der Waals surface area (Å²) >= 11 is 1.80. The van der Waals surface area contributed by atoms with Crippen LogP contribution in [0.15, 0.2) is 16.8 Å². The number of thiophene rings is 1. The number of nitrogens with one attached hydrogen (secondary N) is 1. The van der Waals surface area contributed by atoms with Crippen molar-refractivity contribution in [2.45, 2.75) is 33.6 Å². The molecule has 0 fully saturated rings. The molecule has 1 aromatic heterocycles. The molecule has 2 heteroatoms. The molecule has 1 nitrogen and oxygen atoms in total. The predicted octanol–water partition coefficient (Wildman–Crippen LogP) is 3.56. The average Bonchev–Trinajstić information content (AvgIpc) is 2.70. The molecule has 0 amide bonds. The molecule has 2 atom stereocenters. The zero-order chi connectivity index (χ0) is 11.1. The van der Waals surface area contributed by atoms with E-state index in [0.717, 1.165) is 24.9 Å². The quantitative estimate of drug-likeness (QED) is 0.700. The summed E-state index contributed by atoms with van der Waals surface area (Å²) in [5, 5.41) is 7.93. The van der Waals surface area contributed by atoms with Gasteiger partial charge >= 0.3 is 0 Å². The van der Waals surface area contributed by atoms with Crippen LogP contribution >= 0.6 is 11.3 Å². The van der Waals surface area contributed by atoms with Crippen molar-refractivity contribution in [3.8, 4) is 0 Å². The van der Waals surface area contributed by atoms with E-state index in [9.17, 15) is 0 Å². The monoisotopic (exact) mass is 225 g/mol. The Balaban J connectivity index is 2.23. The molecule has 15 heavy (non-hydrogen) atoms. The Labute approximate surface area is 97.9 Å². The van der Waals surface area contributed by atoms with Crippen LogP contribution in [0.1, 0.15) is 32.8 Å². The van der Waals surface area contributed by atoms with Gasteiger partial charge in [0.25, 0.3) is 0 Å². The molecular formula is C13H23NS. The van der Waals surface area contributed by atoms with Crippen LogP contribution in [0.4, 0.5) is 0 Å². The number of hydrogen-bond acceptors (Lipinski definition) is 2. The average molecular weight is 225 g/mol. The lowest BCUT2D eigenvalue weighted by Crippen LogP contribution is -2.26. The molecule has 2 unspecified atom stereocenters. The Hall–Kier alpha value is -0.340. The minimum atomic E-state index is 0.761. The third-order valence-electron chi connectivity index (χ3n) is 3.00. The van der Waals surface area contributed by atoms with Crippen molar-refractivity contribution in [2.24, 2.45) is 11.8 Å². The molecule has 0 aliphatic rings. The highest BCUT2D eigenvalue weighted by molar-refractivity contribution is 7.07. The Morgan fingerprint density at radius 1 is 1.33 bits per heavy atom. The first-order chi connectivity index (χ1) is 7.24. The van der Waals surface area contributed by atoms with Crippen molar-refractivity contribution in [2.75, 3.05) is 13.1 Å². The topological polar surface area (TPSA) is 12.0 Å². The smallest absolute Gasteiger partial charge is 0.00205 e. The molecule has 1 rings (SSSR count). The van der Waals surface area contributed by atoms with Crippen LogP contribution in [-0.2, 0) is 6.42 Å². The van der Waals surface area contributed by atoms with E-state index in [4.69, 9.17) is 0 Å². The second-order valence-corrected chi connectivity index (χ2v) is 5.27. The fourth-order valence-electron chi connectivity index (χ4n) is 1.69. The van der Waals surface area contributed by atoms with Gasteiger partial charge in [0.1, 0.15) is 0 Å². The largest absolute Gasteiger partial charge is 0.316 e. The Kier molecular flexibility index (Phi) is 5.96. The molecule has 0 saturated carbocycles. The lowest BCUT2D eigenvalue weighted by Gasteiger charge is -2.19. The van der Waals surface area contributed by atoms with E-state index in [1.54, 1.807) is 11.3 Å². The molecule has 1 N–H and O–H groups in total. The first-order valence-electron chi connectivity index (χ1n) is 5.95. The minimum absolute atomic E-state index is 0.761. The lowest BCUT2D eigenvalue weighted by atomic mass is 9.90. The van der Waals surface area contributed by atoms with Gasteiger partial charge in [-0.25, -0.2) is 0 Å². The normalized spacial score (nSPS) is 15.1. The molecule has 0 aromatic carbocycles. The van der Waals surface area contributed by atoms with E-state index < -0.39 is 0 Å². The number of rotatable bonds is 7. The van der Waals surface area contributed by atoms with Crippen molar-refractivity contribution in [3.05, 3.63) is 22.4 Å². The minimum Gasteiger partial charge on any atom is -0.316 e. The van der Waals surface area contributed by atoms with Crippen LogP contribution in [0.25, 0.3) is 0 Å². The summed E-state index contributed by atoms with van der Waals surface area (Å²) in [6.45, 7) is 9.22. The highest BCUT2D eigenvalue weighted by atomic mass is 32.1. The third-order valence-corrected chi connectivity index (χ3v) is 3.73. The van der Waals surface area contributed by atoms with E-state index in [1.165, 1.54) is 18.4 Å². The highest BCUT2D eigenvalue weighted by Crippen LogP contribution is 2.18. The lowest BCUT2D eigenvalue weighted by molar-refractivity contribution is 0.366. The maximum atomic E-state index is 3.50. The standard InChI is InChI=1S/C13H23NS/c1-4-6-14-9-12(3)11(2)8-13-5-7-15-10-13/h5,7,10-12,14H,4,6,8-9H2,1-3H3. The molecule has 1 aromatic rings. The van der Waals surface area contributed by atoms with Gasteiger partial charge in [0.15, 0.2) is 0 Å². The van der Waals surface area contributed by atoms with Crippen LogP contribution in [0.5, 0.6) is 0 Å². The molecule has 1 heterocycles. The van der Waals surface area contributed by atoms with Gasteiger partial charge in [0.2, 0.25) is 0 Å². The van der Waals surface area contributed by atoms with Gasteiger partial charge in [0.05, 0.1) is 0 Å². The molecule has 0 spiro atoms. The van der Waals surface area contributed by atoms with Crippen LogP contribution in [0, 0.1) is 11.8 Å². The fourth-order valence-corrected chi connectivity index (χ4v) is 2.37. The Morgan fingerprint density at radius 2 is 2.13 bits per heavy atom. The zero-order valence-electron chi connectivity index (χ0n) is 10.1. The maximum Gasteiger partial charge on any atom is -0.00205 e. The van der Waals surface area contributed by atoms with Crippen molar-refractivity contribution < 1.29 is 0 Å². The molecule has 0 bridgehead atoms. The summed E-state index contributed by atoms with van der Waals surface area (Å²) in [6, 6.07) is 2.24. The van der Waals surface area contributed by atoms with Gasteiger partial charge in [-0.1, -0.05) is 20.8 Å². The summed E-state index contributed by atoms with van der Waals surface area (Å²) in [4.78, 5) is 0. The van der Waals surface area contributed by atoms with E-state index in [2.05, 4.69) is 42.9 Å². The van der Waals surface area contributed by atoms with E-state index in [0.29, 0.717) is 0 Å². The maximum absolute atomic E-state index is 3.50. The zero-order valence-corrected chi connectivity index (χ0v) is 10.9. The molecule has 0 aliphatic carbocycles. The van der Waals surface area contributed by atoms with Crippen molar-refractivity contribution in [1.82, 2.24) is 5.32 Å². The molecule has 0 radical (unpaired) electrons. The van der Waals surface area contributed by atoms with E-state index in [-0.39, 0.29) is 0 Å². The van der Waals surface area contributed by atoms with Gasteiger partial charge in [0, 0.05) is 0 Å². The van der Waals surface area contributed by atoms with Gasteiger partial charge in [-0.3, -0.25) is 0 Å². The van der Waals surface area contributed by atoms with E-state index >= 15 is 0 Å². The third kappa shape index (κ3) is 4.80. The van der Waals surface area contributed by atoms with Crippen LogP contribution in [-0.4, -0.2) is 13.1 Å². The second kappa shape index (κ2) is 7.02. The Morgan fingerprint density at radius 3 is 2.73 bits per heavy atom. The van der Waals surface area contributed by atoms with Crippen LogP contribution in [0.2, 0.25) is 0 Å². The second-order valence-electron chi connectivity index (χ2n) is 4.49. The summed E-state index contributed by atoms with van der Waals surface area (Å²) in [6.07, 6.45) is 2.45. The molecular weight excluding hydrogens is 202 g/mol. The van der Waals surface area contributed by atoms with Crippen molar-refractivity contribution in [1.29, 1.82) is 0 Å². The number of hydrogen-bond donors (Lipinski definition) is 1. The van der Waals surface area contributed by atoms with Crippen molar-refractivity contribution in [3.63, 3.8) is 0 Å². The van der Waals surface area contributed by atoms with Gasteiger partial charge in [-0.2, -0.15) is 11.3 Å². The SMILES string of the molecule is CCCNCC(C)C(C)Cc1ccsc1. The summed E-state index contributed by atoms with van der Waals surface area (Å²) in [5.41, 5.74) is 1.50. The van der Waals surface area contributed by atoms with Gasteiger partial charge in [-0.15, -0.1) is 0 Å². The van der Waals surface area contributed by atoms with E-state index in [1.807, 2.05) is 0 Å². The summed E-state index contributed by atoms with van der Waals surface area (Å²) < 4.78 is 0. The molecule has 86 valence electrons. The highest BCUT2D eigenvalue weighted by Gasteiger charge is 2.12. The van der Waals surface area contributed by atoms with Gasteiger partial charge < -0.3 is 5.32 Å². The summed E-state index contributed by atoms with van der Waals surface area (Å²) in [7, 11) is 0. The van der Waals surface area contributed by atoms with Crippen molar-refractivity contribution >= 4 is 11.3 Å². The van der Waals surface area contributed by atoms with Gasteiger partial charge in [-0.05, 0) is 60.2 Å². The first kappa shape index (κ1) is 12.7. The molecule has 0 saturated heterocycles. The first-order valence-corrected chi connectivity index (χ1v) is 6.90. The summed E-state index contributed by atoms with van der Waals surface area (Å²) in [5.74, 6) is 1.53. The predicted molar refractivity (Wildman–Crippen MR) is 69.5 cm³/mol. The fraction of sp³-hybridized carbons (Fsp3) is 0.692. The van der Waals surface area contributed by atoms with Crippen LogP contribution in [0.3, 0.4) is 0 Å². The Bertz CT molecular complexity index is 243.